The van der Waals surface area contributed by atoms with Crippen LogP contribution in [0, 0.1) is 13.8 Å². The highest BCUT2D eigenvalue weighted by molar-refractivity contribution is 6.16. The van der Waals surface area contributed by atoms with Gasteiger partial charge in [-0.05, 0) is 55.3 Å². The highest BCUT2D eigenvalue weighted by atomic mass is 16.5. The van der Waals surface area contributed by atoms with Crippen molar-refractivity contribution in [2.75, 3.05) is 26.1 Å². The predicted octanol–water partition coefficient (Wildman–Crippen LogP) is 2.85. The Labute approximate surface area is 174 Å². The summed E-state index contributed by atoms with van der Waals surface area (Å²) in [5.74, 6) is 0.0218. The van der Waals surface area contributed by atoms with Gasteiger partial charge in [0.25, 0.3) is 5.91 Å². The maximum atomic E-state index is 12.7. The minimum atomic E-state index is -0.650. The molecule has 2 aromatic rings. The molecule has 1 saturated heterocycles. The normalized spacial score (nSPS) is 14.7. The average molecular weight is 409 g/mol. The van der Waals surface area contributed by atoms with Gasteiger partial charge in [-0.3, -0.25) is 9.59 Å². The van der Waals surface area contributed by atoms with E-state index in [1.807, 2.05) is 26.0 Å². The summed E-state index contributed by atoms with van der Waals surface area (Å²) in [6.45, 7) is 3.40. The third kappa shape index (κ3) is 4.43. The Morgan fingerprint density at radius 2 is 1.70 bits per heavy atom. The number of methoxy groups -OCH3 is 2. The molecule has 0 atom stereocenters. The molecule has 1 fully saturated rings. The highest BCUT2D eigenvalue weighted by Crippen LogP contribution is 2.31. The lowest BCUT2D eigenvalue weighted by Gasteiger charge is -2.12. The molecule has 1 heterocycles. The van der Waals surface area contributed by atoms with Crippen molar-refractivity contribution in [2.45, 2.75) is 13.8 Å². The maximum absolute atomic E-state index is 12.7. The number of hydrogen-bond donors (Lipinski definition) is 2. The fourth-order valence-corrected chi connectivity index (χ4v) is 3.00. The standard InChI is InChI=1S/C22H23N3O5/c1-13-5-7-16(8-6-13)23-20(26)12-25-21(27)17(24-22(25)28)10-15-11-19(30-4)18(29-3)9-14(15)2/h5-11H,12H2,1-4H3,(H,23,26)(H,24,28). The smallest absolute Gasteiger partial charge is 0.329 e. The SMILES string of the molecule is COc1cc(C)c(C=C2NC(=O)N(CC(=O)Nc3ccc(C)cc3)C2=O)cc1OC. The molecule has 8 heteroatoms. The quantitative estimate of drug-likeness (QED) is 0.565. The second-order valence-electron chi connectivity index (χ2n) is 6.86. The van der Waals surface area contributed by atoms with Crippen molar-refractivity contribution in [2.24, 2.45) is 0 Å². The predicted molar refractivity (Wildman–Crippen MR) is 112 cm³/mol. The Morgan fingerprint density at radius 1 is 1.07 bits per heavy atom. The van der Waals surface area contributed by atoms with Crippen LogP contribution >= 0.6 is 0 Å². The van der Waals surface area contributed by atoms with Gasteiger partial charge in [-0.25, -0.2) is 9.69 Å². The minimum Gasteiger partial charge on any atom is -0.493 e. The number of rotatable bonds is 6. The summed E-state index contributed by atoms with van der Waals surface area (Å²) in [4.78, 5) is 38.1. The molecule has 0 aromatic heterocycles. The van der Waals surface area contributed by atoms with E-state index in [0.29, 0.717) is 22.7 Å². The summed E-state index contributed by atoms with van der Waals surface area (Å²) in [6, 6.07) is 10.1. The summed E-state index contributed by atoms with van der Waals surface area (Å²) >= 11 is 0. The number of hydrogen-bond acceptors (Lipinski definition) is 5. The molecule has 0 bridgehead atoms. The van der Waals surface area contributed by atoms with E-state index in [9.17, 15) is 14.4 Å². The van der Waals surface area contributed by atoms with Crippen LogP contribution in [0.25, 0.3) is 6.08 Å². The van der Waals surface area contributed by atoms with Crippen LogP contribution in [0.4, 0.5) is 10.5 Å². The largest absolute Gasteiger partial charge is 0.493 e. The molecule has 2 aromatic carbocycles. The van der Waals surface area contributed by atoms with Crippen LogP contribution in [-0.4, -0.2) is 43.5 Å². The number of carbonyl (C=O) groups is 3. The first-order valence-corrected chi connectivity index (χ1v) is 9.26. The van der Waals surface area contributed by atoms with Crippen molar-refractivity contribution >= 4 is 29.6 Å². The van der Waals surface area contributed by atoms with Crippen LogP contribution < -0.4 is 20.1 Å². The fourth-order valence-electron chi connectivity index (χ4n) is 3.00. The van der Waals surface area contributed by atoms with Crippen molar-refractivity contribution in [3.05, 3.63) is 58.8 Å². The molecule has 0 spiro atoms. The highest BCUT2D eigenvalue weighted by Gasteiger charge is 2.35. The summed E-state index contributed by atoms with van der Waals surface area (Å²) in [5.41, 5.74) is 3.25. The van der Waals surface area contributed by atoms with Gasteiger partial charge in [-0.2, -0.15) is 0 Å². The van der Waals surface area contributed by atoms with Crippen LogP contribution in [0.2, 0.25) is 0 Å². The van der Waals surface area contributed by atoms with E-state index in [1.165, 1.54) is 14.2 Å². The fraction of sp³-hybridized carbons (Fsp3) is 0.227. The van der Waals surface area contributed by atoms with Crippen LogP contribution in [0.15, 0.2) is 42.1 Å². The number of carbonyl (C=O) groups excluding carboxylic acids is 3. The van der Waals surface area contributed by atoms with Gasteiger partial charge in [-0.15, -0.1) is 0 Å². The number of imide groups is 1. The van der Waals surface area contributed by atoms with Crippen LogP contribution in [0.3, 0.4) is 0 Å². The second-order valence-corrected chi connectivity index (χ2v) is 6.86. The van der Waals surface area contributed by atoms with Gasteiger partial charge < -0.3 is 20.1 Å². The zero-order valence-electron chi connectivity index (χ0n) is 17.2. The molecule has 0 saturated carbocycles. The number of anilines is 1. The number of nitrogens with zero attached hydrogens (tertiary/aromatic N) is 1. The molecule has 1 aliphatic heterocycles. The molecular weight excluding hydrogens is 386 g/mol. The third-order valence-corrected chi connectivity index (χ3v) is 4.67. The molecule has 0 radical (unpaired) electrons. The topological polar surface area (TPSA) is 97.0 Å². The lowest BCUT2D eigenvalue weighted by atomic mass is 10.1. The summed E-state index contributed by atoms with van der Waals surface area (Å²) in [6.07, 6.45) is 1.55. The first-order chi connectivity index (χ1) is 14.3. The Bertz CT molecular complexity index is 1030. The van der Waals surface area contributed by atoms with Gasteiger partial charge in [0.05, 0.1) is 14.2 Å². The molecular formula is C22H23N3O5. The molecule has 30 heavy (non-hydrogen) atoms. The monoisotopic (exact) mass is 409 g/mol. The molecule has 2 N–H and O–H groups in total. The Balaban J connectivity index is 1.76. The molecule has 8 nitrogen and oxygen atoms in total. The van der Waals surface area contributed by atoms with Crippen molar-refractivity contribution in [3.63, 3.8) is 0 Å². The molecule has 0 aliphatic carbocycles. The van der Waals surface area contributed by atoms with E-state index >= 15 is 0 Å². The molecule has 1 aliphatic rings. The Hall–Kier alpha value is -3.81. The first-order valence-electron chi connectivity index (χ1n) is 9.26. The van der Waals surface area contributed by atoms with E-state index in [1.54, 1.807) is 30.3 Å². The first kappa shape index (κ1) is 20.9. The number of aryl methyl sites for hydroxylation is 2. The maximum Gasteiger partial charge on any atom is 0.329 e. The summed E-state index contributed by atoms with van der Waals surface area (Å²) < 4.78 is 10.6. The lowest BCUT2D eigenvalue weighted by molar-refractivity contribution is -0.127. The number of benzene rings is 2. The summed E-state index contributed by atoms with van der Waals surface area (Å²) in [7, 11) is 3.05. The zero-order chi connectivity index (χ0) is 21.8. The van der Waals surface area contributed by atoms with E-state index in [2.05, 4.69) is 10.6 Å². The van der Waals surface area contributed by atoms with E-state index in [4.69, 9.17) is 9.47 Å². The van der Waals surface area contributed by atoms with Gasteiger partial charge in [0, 0.05) is 5.69 Å². The average Bonchev–Trinajstić information content (AvgIpc) is 2.98. The van der Waals surface area contributed by atoms with Crippen molar-refractivity contribution in [1.82, 2.24) is 10.2 Å². The van der Waals surface area contributed by atoms with Crippen LogP contribution in [0.5, 0.6) is 11.5 Å². The number of nitrogens with one attached hydrogen (secondary N) is 2. The van der Waals surface area contributed by atoms with Gasteiger partial charge in [0.2, 0.25) is 5.91 Å². The van der Waals surface area contributed by atoms with E-state index < -0.39 is 17.8 Å². The summed E-state index contributed by atoms with van der Waals surface area (Å²) in [5, 5.41) is 5.19. The van der Waals surface area contributed by atoms with Crippen LogP contribution in [-0.2, 0) is 9.59 Å². The van der Waals surface area contributed by atoms with Crippen molar-refractivity contribution in [1.29, 1.82) is 0 Å². The van der Waals surface area contributed by atoms with Gasteiger partial charge in [0.15, 0.2) is 11.5 Å². The Morgan fingerprint density at radius 3 is 2.33 bits per heavy atom. The number of ether oxygens (including phenoxy) is 2. The Kier molecular flexibility index (Phi) is 6.06. The third-order valence-electron chi connectivity index (χ3n) is 4.67. The van der Waals surface area contributed by atoms with E-state index in [0.717, 1.165) is 16.0 Å². The molecule has 4 amide bonds. The molecule has 0 unspecified atom stereocenters. The minimum absolute atomic E-state index is 0.0819. The molecule has 156 valence electrons. The van der Waals surface area contributed by atoms with Gasteiger partial charge in [-0.1, -0.05) is 17.7 Å². The second kappa shape index (κ2) is 8.69. The zero-order valence-corrected chi connectivity index (χ0v) is 17.2. The lowest BCUT2D eigenvalue weighted by Crippen LogP contribution is -2.38. The van der Waals surface area contributed by atoms with Crippen LogP contribution in [0.1, 0.15) is 16.7 Å². The van der Waals surface area contributed by atoms with Crippen molar-refractivity contribution < 1.29 is 23.9 Å². The van der Waals surface area contributed by atoms with E-state index in [-0.39, 0.29) is 12.2 Å². The van der Waals surface area contributed by atoms with Gasteiger partial charge >= 0.3 is 6.03 Å². The number of amides is 4. The number of urea groups is 1. The molecule has 3 rings (SSSR count). The van der Waals surface area contributed by atoms with Crippen molar-refractivity contribution in [3.8, 4) is 11.5 Å². The van der Waals surface area contributed by atoms with Gasteiger partial charge in [0.1, 0.15) is 12.2 Å².